The fraction of sp³-hybridized carbons (Fsp3) is 0.333. The lowest BCUT2D eigenvalue weighted by atomic mass is 10.5. The summed E-state index contributed by atoms with van der Waals surface area (Å²) in [6.45, 7) is 0.0105. The quantitative estimate of drug-likeness (QED) is 0.587. The third-order valence-corrected chi connectivity index (χ3v) is 2.12. The maximum Gasteiger partial charge on any atom is 0.355 e. The van der Waals surface area contributed by atoms with Crippen LogP contribution in [-0.2, 0) is 0 Å². The van der Waals surface area contributed by atoms with Gasteiger partial charge in [-0.15, -0.1) is 11.8 Å². The number of imidazole rings is 1. The molecule has 0 fully saturated rings. The van der Waals surface area contributed by atoms with Crippen molar-refractivity contribution >= 4 is 17.7 Å². The summed E-state index contributed by atoms with van der Waals surface area (Å²) in [7, 11) is 0. The number of aliphatic hydroxyl groups is 1. The van der Waals surface area contributed by atoms with Crippen LogP contribution in [0.15, 0.2) is 11.4 Å². The molecule has 0 saturated carbocycles. The van der Waals surface area contributed by atoms with Crippen molar-refractivity contribution in [3.63, 3.8) is 0 Å². The van der Waals surface area contributed by atoms with Crippen LogP contribution in [0.4, 0.5) is 0 Å². The van der Waals surface area contributed by atoms with Crippen LogP contribution < -0.4 is 0 Å². The summed E-state index contributed by atoms with van der Waals surface area (Å²) < 4.78 is 0. The molecule has 6 heteroatoms. The summed E-state index contributed by atoms with van der Waals surface area (Å²) in [4.78, 5) is 16.8. The number of aromatic carboxylic acids is 1. The van der Waals surface area contributed by atoms with Crippen LogP contribution in [0.3, 0.4) is 0 Å². The first-order valence-corrected chi connectivity index (χ1v) is 4.24. The molecule has 5 nitrogen and oxygen atoms in total. The number of hydrogen-bond acceptors (Lipinski definition) is 4. The van der Waals surface area contributed by atoms with E-state index in [1.54, 1.807) is 0 Å². The molecule has 1 aromatic rings. The van der Waals surface area contributed by atoms with E-state index in [4.69, 9.17) is 10.2 Å². The van der Waals surface area contributed by atoms with Crippen molar-refractivity contribution in [3.05, 3.63) is 12.0 Å². The van der Waals surface area contributed by atoms with E-state index in [0.717, 1.165) is 0 Å². The van der Waals surface area contributed by atoms with E-state index in [1.807, 2.05) is 0 Å². The van der Waals surface area contributed by atoms with Crippen molar-refractivity contribution in [2.75, 3.05) is 12.4 Å². The number of nitrogens with zero attached hydrogens (tertiary/aromatic N) is 1. The van der Waals surface area contributed by atoms with Gasteiger partial charge in [0.2, 0.25) is 0 Å². The van der Waals surface area contributed by atoms with Crippen LogP contribution in [0.1, 0.15) is 10.5 Å². The van der Waals surface area contributed by atoms with E-state index in [1.165, 1.54) is 18.1 Å². The Morgan fingerprint density at radius 2 is 2.50 bits per heavy atom. The number of nitrogens with one attached hydrogen (secondary N) is 1. The van der Waals surface area contributed by atoms with E-state index < -0.39 is 5.97 Å². The molecule has 0 atom stereocenters. The highest BCUT2D eigenvalue weighted by atomic mass is 32.2. The molecule has 0 aliphatic rings. The highest BCUT2D eigenvalue weighted by Crippen LogP contribution is 2.17. The molecular weight excluding hydrogens is 180 g/mol. The second kappa shape index (κ2) is 4.13. The first-order chi connectivity index (χ1) is 5.75. The first kappa shape index (κ1) is 9.08. The highest BCUT2D eigenvalue weighted by Gasteiger charge is 2.12. The number of hydrogen-bond donors (Lipinski definition) is 3. The first-order valence-electron chi connectivity index (χ1n) is 3.26. The van der Waals surface area contributed by atoms with Gasteiger partial charge < -0.3 is 15.2 Å². The maximum absolute atomic E-state index is 10.5. The van der Waals surface area contributed by atoms with Gasteiger partial charge in [0.05, 0.1) is 12.9 Å². The van der Waals surface area contributed by atoms with Crippen LogP contribution in [-0.4, -0.2) is 38.5 Å². The number of aromatic nitrogens is 2. The Bertz CT molecular complexity index is 274. The lowest BCUT2D eigenvalue weighted by molar-refractivity contribution is 0.0687. The Morgan fingerprint density at radius 1 is 1.75 bits per heavy atom. The van der Waals surface area contributed by atoms with Crippen molar-refractivity contribution in [3.8, 4) is 0 Å². The van der Waals surface area contributed by atoms with Gasteiger partial charge in [0.25, 0.3) is 0 Å². The summed E-state index contributed by atoms with van der Waals surface area (Å²) >= 11 is 1.21. The number of carbonyl (C=O) groups is 1. The van der Waals surface area contributed by atoms with Gasteiger partial charge in [0.1, 0.15) is 5.03 Å². The Labute approximate surface area is 72.8 Å². The van der Waals surface area contributed by atoms with E-state index >= 15 is 0 Å². The van der Waals surface area contributed by atoms with E-state index in [-0.39, 0.29) is 12.3 Å². The number of aliphatic hydroxyl groups excluding tert-OH is 1. The van der Waals surface area contributed by atoms with E-state index in [2.05, 4.69) is 9.97 Å². The lowest BCUT2D eigenvalue weighted by Crippen LogP contribution is -1.99. The zero-order chi connectivity index (χ0) is 8.97. The summed E-state index contributed by atoms with van der Waals surface area (Å²) in [5.74, 6) is -0.585. The Kier molecular flexibility index (Phi) is 3.12. The van der Waals surface area contributed by atoms with Gasteiger partial charge >= 0.3 is 5.97 Å². The monoisotopic (exact) mass is 188 g/mol. The van der Waals surface area contributed by atoms with E-state index in [9.17, 15) is 4.79 Å². The second-order valence-corrected chi connectivity index (χ2v) is 3.04. The van der Waals surface area contributed by atoms with Crippen molar-refractivity contribution in [1.29, 1.82) is 0 Å². The molecular formula is C6H8N2O3S. The number of rotatable bonds is 4. The summed E-state index contributed by atoms with van der Waals surface area (Å²) in [5.41, 5.74) is 0.0773. The molecule has 0 amide bonds. The third kappa shape index (κ3) is 1.99. The van der Waals surface area contributed by atoms with Gasteiger partial charge in [-0.25, -0.2) is 9.78 Å². The van der Waals surface area contributed by atoms with Gasteiger partial charge in [0.15, 0.2) is 5.69 Å². The SMILES string of the molecule is O=C(O)c1[nH]cnc1SCCO. The van der Waals surface area contributed by atoms with E-state index in [0.29, 0.717) is 10.8 Å². The zero-order valence-electron chi connectivity index (χ0n) is 6.15. The molecule has 0 saturated heterocycles. The third-order valence-electron chi connectivity index (χ3n) is 1.15. The Morgan fingerprint density at radius 3 is 3.08 bits per heavy atom. The van der Waals surface area contributed by atoms with Crippen LogP contribution >= 0.6 is 11.8 Å². The summed E-state index contributed by atoms with van der Waals surface area (Å²) in [5, 5.41) is 17.5. The summed E-state index contributed by atoms with van der Waals surface area (Å²) in [6, 6.07) is 0. The molecule has 66 valence electrons. The Hall–Kier alpha value is -1.01. The highest BCUT2D eigenvalue weighted by molar-refractivity contribution is 7.99. The normalized spacial score (nSPS) is 10.1. The molecule has 0 aliphatic carbocycles. The topological polar surface area (TPSA) is 86.2 Å². The van der Waals surface area contributed by atoms with Gasteiger partial charge in [0, 0.05) is 5.75 Å². The number of carboxylic acid groups (broad SMARTS) is 1. The standard InChI is InChI=1S/C6H8N2O3S/c9-1-2-12-5-4(6(10)11)7-3-8-5/h3,9H,1-2H2,(H,7,8)(H,10,11). The van der Waals surface area contributed by atoms with Gasteiger partial charge in [-0.3, -0.25) is 0 Å². The minimum Gasteiger partial charge on any atom is -0.476 e. The molecule has 1 heterocycles. The lowest BCUT2D eigenvalue weighted by Gasteiger charge is -1.94. The average Bonchev–Trinajstić information content (AvgIpc) is 2.48. The molecule has 0 bridgehead atoms. The fourth-order valence-electron chi connectivity index (χ4n) is 0.687. The van der Waals surface area contributed by atoms with Crippen molar-refractivity contribution in [2.24, 2.45) is 0 Å². The molecule has 0 spiro atoms. The largest absolute Gasteiger partial charge is 0.476 e. The minimum atomic E-state index is -1.03. The smallest absolute Gasteiger partial charge is 0.355 e. The molecule has 1 aromatic heterocycles. The van der Waals surface area contributed by atoms with Crippen LogP contribution in [0.25, 0.3) is 0 Å². The summed E-state index contributed by atoms with van der Waals surface area (Å²) in [6.07, 6.45) is 1.32. The minimum absolute atomic E-state index is 0.0105. The fourth-order valence-corrected chi connectivity index (χ4v) is 1.39. The maximum atomic E-state index is 10.5. The van der Waals surface area contributed by atoms with Crippen molar-refractivity contribution in [2.45, 2.75) is 5.03 Å². The molecule has 3 N–H and O–H groups in total. The predicted molar refractivity (Wildman–Crippen MR) is 43.4 cm³/mol. The zero-order valence-corrected chi connectivity index (χ0v) is 6.97. The molecule has 0 unspecified atom stereocenters. The van der Waals surface area contributed by atoms with Crippen LogP contribution in [0.5, 0.6) is 0 Å². The number of carboxylic acids is 1. The van der Waals surface area contributed by atoms with Crippen molar-refractivity contribution < 1.29 is 15.0 Å². The Balaban J connectivity index is 2.70. The van der Waals surface area contributed by atoms with Crippen LogP contribution in [0, 0.1) is 0 Å². The molecule has 0 radical (unpaired) electrons. The van der Waals surface area contributed by atoms with Crippen LogP contribution in [0.2, 0.25) is 0 Å². The van der Waals surface area contributed by atoms with Gasteiger partial charge in [-0.05, 0) is 0 Å². The van der Waals surface area contributed by atoms with Gasteiger partial charge in [-0.2, -0.15) is 0 Å². The van der Waals surface area contributed by atoms with Crippen molar-refractivity contribution in [1.82, 2.24) is 9.97 Å². The molecule has 12 heavy (non-hydrogen) atoms. The molecule has 0 aliphatic heterocycles. The predicted octanol–water partition coefficient (Wildman–Crippen LogP) is 0.192. The number of thioether (sulfide) groups is 1. The second-order valence-electron chi connectivity index (χ2n) is 1.96. The number of aromatic amines is 1. The number of H-pyrrole nitrogens is 1. The molecule has 0 aromatic carbocycles. The average molecular weight is 188 g/mol. The van der Waals surface area contributed by atoms with Gasteiger partial charge in [-0.1, -0.05) is 0 Å². The molecule has 1 rings (SSSR count).